The fraction of sp³-hybridized carbons (Fsp3) is 0.174. The highest BCUT2D eigenvalue weighted by atomic mass is 35.5. The zero-order chi connectivity index (χ0) is 19.8. The number of fused-ring (bicyclic) bond motifs is 1. The summed E-state index contributed by atoms with van der Waals surface area (Å²) in [6, 6.07) is 16.3. The summed E-state index contributed by atoms with van der Waals surface area (Å²) in [5.74, 6) is 0.571. The number of rotatable bonds is 3. The predicted octanol–water partition coefficient (Wildman–Crippen LogP) is 5.47. The fourth-order valence-corrected chi connectivity index (χ4v) is 3.35. The molecule has 5 nitrogen and oxygen atoms in total. The molecule has 6 heteroatoms. The molecule has 0 saturated carbocycles. The van der Waals surface area contributed by atoms with E-state index in [-0.39, 0.29) is 12.4 Å². The van der Waals surface area contributed by atoms with E-state index in [4.69, 9.17) is 5.10 Å². The third-order valence-corrected chi connectivity index (χ3v) is 5.14. The van der Waals surface area contributed by atoms with Crippen LogP contribution in [0.5, 0.6) is 0 Å². The van der Waals surface area contributed by atoms with Crippen molar-refractivity contribution in [1.82, 2.24) is 19.7 Å². The van der Waals surface area contributed by atoms with Crippen molar-refractivity contribution >= 4 is 35.1 Å². The molecule has 0 aliphatic heterocycles. The van der Waals surface area contributed by atoms with Crippen LogP contribution in [0.4, 0.5) is 0 Å². The number of hydrogen-bond acceptors (Lipinski definition) is 3. The number of H-pyrrole nitrogens is 1. The Morgan fingerprint density at radius 3 is 2.52 bits per heavy atom. The first kappa shape index (κ1) is 20.4. The molecule has 2 aromatic heterocycles. The SMILES string of the molecule is Cc1ccc(-n2nc(C)c(/C=C(\C#N)c3nc4ccccc4[nH]3)c2C)cc1C.Cl. The lowest BCUT2D eigenvalue weighted by Crippen LogP contribution is -2.00. The van der Waals surface area contributed by atoms with Gasteiger partial charge in [0.15, 0.2) is 0 Å². The smallest absolute Gasteiger partial charge is 0.149 e. The number of hydrogen-bond donors (Lipinski definition) is 1. The molecule has 0 aliphatic carbocycles. The molecular formula is C23H22ClN5. The molecule has 0 aliphatic rings. The van der Waals surface area contributed by atoms with E-state index in [0.717, 1.165) is 33.7 Å². The number of para-hydroxylation sites is 2. The summed E-state index contributed by atoms with van der Waals surface area (Å²) in [4.78, 5) is 7.78. The maximum Gasteiger partial charge on any atom is 0.149 e. The molecule has 2 heterocycles. The van der Waals surface area contributed by atoms with Crippen LogP contribution in [-0.2, 0) is 0 Å². The highest BCUT2D eigenvalue weighted by molar-refractivity contribution is 5.91. The minimum absolute atomic E-state index is 0. The number of benzene rings is 2. The third-order valence-electron chi connectivity index (χ3n) is 5.14. The Labute approximate surface area is 176 Å². The summed E-state index contributed by atoms with van der Waals surface area (Å²) in [5, 5.41) is 14.4. The van der Waals surface area contributed by atoms with Crippen molar-refractivity contribution in [3.63, 3.8) is 0 Å². The first-order valence-corrected chi connectivity index (χ1v) is 9.18. The number of aromatic nitrogens is 4. The van der Waals surface area contributed by atoms with Gasteiger partial charge in [0, 0.05) is 11.3 Å². The van der Waals surface area contributed by atoms with E-state index < -0.39 is 0 Å². The van der Waals surface area contributed by atoms with Crippen LogP contribution in [-0.4, -0.2) is 19.7 Å². The van der Waals surface area contributed by atoms with Gasteiger partial charge in [-0.1, -0.05) is 18.2 Å². The van der Waals surface area contributed by atoms with Gasteiger partial charge >= 0.3 is 0 Å². The maximum absolute atomic E-state index is 9.73. The summed E-state index contributed by atoms with van der Waals surface area (Å²) < 4.78 is 1.93. The highest BCUT2D eigenvalue weighted by Gasteiger charge is 2.15. The van der Waals surface area contributed by atoms with Gasteiger partial charge in [0.1, 0.15) is 11.9 Å². The van der Waals surface area contributed by atoms with Gasteiger partial charge in [0.2, 0.25) is 0 Å². The van der Waals surface area contributed by atoms with Crippen LogP contribution >= 0.6 is 12.4 Å². The van der Waals surface area contributed by atoms with E-state index in [2.05, 4.69) is 48.1 Å². The summed E-state index contributed by atoms with van der Waals surface area (Å²) in [6.07, 6.45) is 1.87. The number of imidazole rings is 1. The zero-order valence-electron chi connectivity index (χ0n) is 16.8. The van der Waals surface area contributed by atoms with Crippen molar-refractivity contribution in [3.8, 4) is 11.8 Å². The van der Waals surface area contributed by atoms with Gasteiger partial charge in [-0.25, -0.2) is 9.67 Å². The summed E-state index contributed by atoms with van der Waals surface area (Å²) in [5.41, 5.74) is 8.55. The van der Waals surface area contributed by atoms with Crippen LogP contribution in [0.15, 0.2) is 42.5 Å². The summed E-state index contributed by atoms with van der Waals surface area (Å²) in [7, 11) is 0. The van der Waals surface area contributed by atoms with Crippen LogP contribution < -0.4 is 0 Å². The highest BCUT2D eigenvalue weighted by Crippen LogP contribution is 2.25. The molecule has 0 unspecified atom stereocenters. The Kier molecular flexibility index (Phi) is 5.58. The Morgan fingerprint density at radius 2 is 1.83 bits per heavy atom. The van der Waals surface area contributed by atoms with Gasteiger partial charge in [-0.05, 0) is 69.2 Å². The second-order valence-corrected chi connectivity index (χ2v) is 7.04. The normalized spacial score (nSPS) is 11.3. The number of nitrogens with one attached hydrogen (secondary N) is 1. The predicted molar refractivity (Wildman–Crippen MR) is 119 cm³/mol. The Bertz CT molecular complexity index is 1240. The largest absolute Gasteiger partial charge is 0.337 e. The fourth-order valence-electron chi connectivity index (χ4n) is 3.35. The molecule has 4 rings (SSSR count). The Hall–Kier alpha value is -3.36. The molecule has 0 bridgehead atoms. The average molecular weight is 404 g/mol. The molecular weight excluding hydrogens is 382 g/mol. The van der Waals surface area contributed by atoms with Crippen LogP contribution in [0, 0.1) is 39.0 Å². The number of nitriles is 1. The molecule has 0 atom stereocenters. The van der Waals surface area contributed by atoms with Gasteiger partial charge < -0.3 is 4.98 Å². The van der Waals surface area contributed by atoms with E-state index >= 15 is 0 Å². The number of allylic oxidation sites excluding steroid dienone is 1. The van der Waals surface area contributed by atoms with Crippen molar-refractivity contribution in [3.05, 3.63) is 76.4 Å². The van der Waals surface area contributed by atoms with E-state index in [0.29, 0.717) is 11.4 Å². The van der Waals surface area contributed by atoms with E-state index in [1.807, 2.05) is 48.9 Å². The standard InChI is InChI=1S/C23H21N5.ClH/c1-14-9-10-19(11-15(14)2)28-17(4)20(16(3)27-28)12-18(13-24)23-25-21-7-5-6-8-22(21)26-23;/h5-12H,1-4H3,(H,25,26);1H/b18-12+;. The molecule has 0 spiro atoms. The van der Waals surface area contributed by atoms with Crippen LogP contribution in [0.2, 0.25) is 0 Å². The Morgan fingerprint density at radius 1 is 1.07 bits per heavy atom. The maximum atomic E-state index is 9.73. The summed E-state index contributed by atoms with van der Waals surface area (Å²) in [6.45, 7) is 8.18. The molecule has 29 heavy (non-hydrogen) atoms. The van der Waals surface area contributed by atoms with Crippen molar-refractivity contribution < 1.29 is 0 Å². The zero-order valence-corrected chi connectivity index (χ0v) is 17.6. The number of halogens is 1. The van der Waals surface area contributed by atoms with E-state index in [1.165, 1.54) is 11.1 Å². The molecule has 0 saturated heterocycles. The lowest BCUT2D eigenvalue weighted by Gasteiger charge is -2.07. The lowest BCUT2D eigenvalue weighted by molar-refractivity contribution is 0.832. The molecule has 146 valence electrons. The monoisotopic (exact) mass is 403 g/mol. The number of aromatic amines is 1. The van der Waals surface area contributed by atoms with Crippen LogP contribution in [0.25, 0.3) is 28.4 Å². The van der Waals surface area contributed by atoms with Gasteiger partial charge in [-0.2, -0.15) is 10.4 Å². The third kappa shape index (κ3) is 3.67. The van der Waals surface area contributed by atoms with Gasteiger partial charge in [0.05, 0.1) is 28.0 Å². The lowest BCUT2D eigenvalue weighted by atomic mass is 10.1. The van der Waals surface area contributed by atoms with Gasteiger partial charge in [-0.15, -0.1) is 12.4 Å². The number of aryl methyl sites for hydroxylation is 3. The van der Waals surface area contributed by atoms with Crippen molar-refractivity contribution in [1.29, 1.82) is 5.26 Å². The molecule has 0 amide bonds. The van der Waals surface area contributed by atoms with Crippen molar-refractivity contribution in [2.24, 2.45) is 0 Å². The Balaban J connectivity index is 0.00000240. The minimum atomic E-state index is 0. The van der Waals surface area contributed by atoms with Crippen molar-refractivity contribution in [2.75, 3.05) is 0 Å². The molecule has 1 N–H and O–H groups in total. The minimum Gasteiger partial charge on any atom is -0.337 e. The second kappa shape index (κ2) is 7.94. The summed E-state index contributed by atoms with van der Waals surface area (Å²) >= 11 is 0. The number of nitrogens with zero attached hydrogens (tertiary/aromatic N) is 4. The van der Waals surface area contributed by atoms with E-state index in [1.54, 1.807) is 0 Å². The first-order valence-electron chi connectivity index (χ1n) is 9.18. The van der Waals surface area contributed by atoms with E-state index in [9.17, 15) is 5.26 Å². The van der Waals surface area contributed by atoms with Gasteiger partial charge in [-0.3, -0.25) is 0 Å². The molecule has 4 aromatic rings. The molecule has 0 radical (unpaired) electrons. The topological polar surface area (TPSA) is 70.3 Å². The molecule has 2 aromatic carbocycles. The van der Waals surface area contributed by atoms with Crippen LogP contribution in [0.1, 0.15) is 33.9 Å². The first-order chi connectivity index (χ1) is 13.5. The quantitative estimate of drug-likeness (QED) is 0.461. The second-order valence-electron chi connectivity index (χ2n) is 7.04. The molecule has 0 fully saturated rings. The average Bonchev–Trinajstić information content (AvgIpc) is 3.23. The van der Waals surface area contributed by atoms with Gasteiger partial charge in [0.25, 0.3) is 0 Å². The van der Waals surface area contributed by atoms with Crippen molar-refractivity contribution in [2.45, 2.75) is 27.7 Å². The van der Waals surface area contributed by atoms with Crippen LogP contribution in [0.3, 0.4) is 0 Å².